The SMILES string of the molecule is CN(C)Cc1nc(NCc2ccnc(-n3cccn3)c2)c2c(-c3ccccc3)csc2n1. The van der Waals surface area contributed by atoms with E-state index in [-0.39, 0.29) is 0 Å². The molecule has 0 bridgehead atoms. The average Bonchev–Trinajstić information content (AvgIpc) is 3.48. The van der Waals surface area contributed by atoms with E-state index in [1.807, 2.05) is 44.6 Å². The lowest BCUT2D eigenvalue weighted by molar-refractivity contribution is 0.391. The highest BCUT2D eigenvalue weighted by molar-refractivity contribution is 7.17. The molecule has 0 aliphatic carbocycles. The highest BCUT2D eigenvalue weighted by atomic mass is 32.1. The van der Waals surface area contributed by atoms with Crippen LogP contribution in [0.15, 0.2) is 72.5 Å². The Morgan fingerprint density at radius 3 is 2.69 bits per heavy atom. The lowest BCUT2D eigenvalue weighted by Crippen LogP contribution is -2.14. The predicted molar refractivity (Wildman–Crippen MR) is 129 cm³/mol. The second-order valence-corrected chi connectivity index (χ2v) is 8.61. The minimum Gasteiger partial charge on any atom is -0.365 e. The maximum absolute atomic E-state index is 4.90. The second-order valence-electron chi connectivity index (χ2n) is 7.75. The molecule has 0 saturated carbocycles. The van der Waals surface area contributed by atoms with Crippen LogP contribution in [0.25, 0.3) is 27.2 Å². The summed E-state index contributed by atoms with van der Waals surface area (Å²) in [4.78, 5) is 17.2. The van der Waals surface area contributed by atoms with E-state index in [4.69, 9.17) is 9.97 Å². The fourth-order valence-corrected chi connectivity index (χ4v) is 4.55. The van der Waals surface area contributed by atoms with Crippen molar-refractivity contribution in [3.63, 3.8) is 0 Å². The van der Waals surface area contributed by atoms with Crippen molar-refractivity contribution in [3.05, 3.63) is 83.9 Å². The Labute approximate surface area is 190 Å². The van der Waals surface area contributed by atoms with Crippen LogP contribution in [0.3, 0.4) is 0 Å². The Balaban J connectivity index is 1.51. The van der Waals surface area contributed by atoms with Crippen molar-refractivity contribution in [1.82, 2.24) is 29.6 Å². The minimum absolute atomic E-state index is 0.619. The summed E-state index contributed by atoms with van der Waals surface area (Å²) < 4.78 is 1.76. The summed E-state index contributed by atoms with van der Waals surface area (Å²) in [5.74, 6) is 2.44. The van der Waals surface area contributed by atoms with Gasteiger partial charge in [-0.15, -0.1) is 11.3 Å². The van der Waals surface area contributed by atoms with Crippen molar-refractivity contribution >= 4 is 27.4 Å². The zero-order valence-corrected chi connectivity index (χ0v) is 18.8. The molecule has 1 N–H and O–H groups in total. The molecule has 0 atom stereocenters. The van der Waals surface area contributed by atoms with Crippen molar-refractivity contribution in [1.29, 1.82) is 0 Å². The maximum Gasteiger partial charge on any atom is 0.153 e. The summed E-state index contributed by atoms with van der Waals surface area (Å²) in [6, 6.07) is 16.3. The third-order valence-corrected chi connectivity index (χ3v) is 5.90. The molecule has 4 heterocycles. The zero-order chi connectivity index (χ0) is 21.9. The molecule has 0 aliphatic rings. The van der Waals surface area contributed by atoms with Crippen LogP contribution in [-0.2, 0) is 13.1 Å². The van der Waals surface area contributed by atoms with Gasteiger partial charge >= 0.3 is 0 Å². The molecule has 0 spiro atoms. The Kier molecular flexibility index (Phi) is 5.62. The van der Waals surface area contributed by atoms with Gasteiger partial charge in [-0.2, -0.15) is 5.10 Å². The van der Waals surface area contributed by atoms with Crippen LogP contribution in [0.4, 0.5) is 5.82 Å². The van der Waals surface area contributed by atoms with Crippen LogP contribution in [-0.4, -0.2) is 43.7 Å². The van der Waals surface area contributed by atoms with E-state index in [1.54, 1.807) is 28.4 Å². The van der Waals surface area contributed by atoms with Gasteiger partial charge in [-0.1, -0.05) is 30.3 Å². The first-order chi connectivity index (χ1) is 15.7. The van der Waals surface area contributed by atoms with E-state index in [2.05, 4.69) is 49.9 Å². The van der Waals surface area contributed by atoms with Gasteiger partial charge in [0.05, 0.1) is 11.9 Å². The van der Waals surface area contributed by atoms with Gasteiger partial charge in [0, 0.05) is 36.1 Å². The number of anilines is 1. The third-order valence-electron chi connectivity index (χ3n) is 5.03. The number of pyridine rings is 1. The quantitative estimate of drug-likeness (QED) is 0.398. The summed E-state index contributed by atoms with van der Waals surface area (Å²) in [5, 5.41) is 11.1. The third kappa shape index (κ3) is 4.23. The molecule has 8 heteroatoms. The minimum atomic E-state index is 0.619. The molecule has 0 saturated heterocycles. The van der Waals surface area contributed by atoms with Crippen molar-refractivity contribution < 1.29 is 0 Å². The van der Waals surface area contributed by atoms with Gasteiger partial charge in [-0.3, -0.25) is 0 Å². The van der Waals surface area contributed by atoms with Crippen molar-refractivity contribution in [2.24, 2.45) is 0 Å². The highest BCUT2D eigenvalue weighted by Crippen LogP contribution is 2.37. The lowest BCUT2D eigenvalue weighted by atomic mass is 10.1. The second kappa shape index (κ2) is 8.86. The average molecular weight is 442 g/mol. The molecule has 7 nitrogen and oxygen atoms in total. The van der Waals surface area contributed by atoms with Crippen molar-refractivity contribution in [3.8, 4) is 16.9 Å². The molecule has 0 radical (unpaired) electrons. The molecule has 0 amide bonds. The summed E-state index contributed by atoms with van der Waals surface area (Å²) in [7, 11) is 4.05. The number of thiophene rings is 1. The zero-order valence-electron chi connectivity index (χ0n) is 17.9. The van der Waals surface area contributed by atoms with Crippen LogP contribution in [0.2, 0.25) is 0 Å². The van der Waals surface area contributed by atoms with E-state index >= 15 is 0 Å². The number of hydrogen-bond donors (Lipinski definition) is 1. The molecule has 5 rings (SSSR count). The predicted octanol–water partition coefficient (Wildman–Crippen LogP) is 4.61. The van der Waals surface area contributed by atoms with Crippen LogP contribution < -0.4 is 5.32 Å². The largest absolute Gasteiger partial charge is 0.365 e. The lowest BCUT2D eigenvalue weighted by Gasteiger charge is -2.13. The Bertz CT molecular complexity index is 1330. The van der Waals surface area contributed by atoms with Crippen LogP contribution >= 0.6 is 11.3 Å². The van der Waals surface area contributed by atoms with Crippen LogP contribution in [0.5, 0.6) is 0 Å². The fraction of sp³-hybridized carbons (Fsp3) is 0.167. The number of hydrogen-bond acceptors (Lipinski definition) is 7. The summed E-state index contributed by atoms with van der Waals surface area (Å²) in [6.45, 7) is 1.30. The van der Waals surface area contributed by atoms with Gasteiger partial charge in [0.25, 0.3) is 0 Å². The molecular formula is C24H23N7S. The van der Waals surface area contributed by atoms with E-state index < -0.39 is 0 Å². The number of nitrogens with one attached hydrogen (secondary N) is 1. The molecule has 0 fully saturated rings. The van der Waals surface area contributed by atoms with Gasteiger partial charge in [-0.05, 0) is 43.4 Å². The first-order valence-electron chi connectivity index (χ1n) is 10.3. The summed E-state index contributed by atoms with van der Waals surface area (Å²) in [5.41, 5.74) is 3.41. The first kappa shape index (κ1) is 20.3. The normalized spacial score (nSPS) is 11.3. The molecule has 0 unspecified atom stereocenters. The van der Waals surface area contributed by atoms with E-state index in [1.165, 1.54) is 0 Å². The number of benzene rings is 1. The van der Waals surface area contributed by atoms with Crippen molar-refractivity contribution in [2.45, 2.75) is 13.1 Å². The number of aromatic nitrogens is 5. The Morgan fingerprint density at radius 1 is 1.03 bits per heavy atom. The molecule has 5 aromatic rings. The number of rotatable bonds is 7. The Hall–Kier alpha value is -3.62. The number of nitrogens with zero attached hydrogens (tertiary/aromatic N) is 6. The van der Waals surface area contributed by atoms with E-state index in [0.29, 0.717) is 13.1 Å². The van der Waals surface area contributed by atoms with Gasteiger partial charge < -0.3 is 10.2 Å². The topological polar surface area (TPSA) is 71.8 Å². The first-order valence-corrected chi connectivity index (χ1v) is 11.2. The van der Waals surface area contributed by atoms with Gasteiger partial charge in [-0.25, -0.2) is 19.6 Å². The smallest absolute Gasteiger partial charge is 0.153 e. The molecule has 1 aromatic carbocycles. The van der Waals surface area contributed by atoms with Crippen LogP contribution in [0, 0.1) is 0 Å². The fourth-order valence-electron chi connectivity index (χ4n) is 3.58. The molecule has 0 aliphatic heterocycles. The van der Waals surface area contributed by atoms with Gasteiger partial charge in [0.15, 0.2) is 5.82 Å². The van der Waals surface area contributed by atoms with Gasteiger partial charge in [0.2, 0.25) is 0 Å². The standard InChI is InChI=1S/C24H23N7S/c1-30(2)15-20-28-23(22-19(16-32-24(22)29-20)18-7-4-3-5-8-18)26-14-17-9-11-25-21(13-17)31-12-6-10-27-31/h3-13,16H,14-15H2,1-2H3,(H,26,28,29). The molecular weight excluding hydrogens is 418 g/mol. The highest BCUT2D eigenvalue weighted by Gasteiger charge is 2.16. The number of fused-ring (bicyclic) bond motifs is 1. The summed E-state index contributed by atoms with van der Waals surface area (Å²) in [6.07, 6.45) is 5.44. The molecule has 32 heavy (non-hydrogen) atoms. The van der Waals surface area contributed by atoms with Crippen LogP contribution in [0.1, 0.15) is 11.4 Å². The van der Waals surface area contributed by atoms with Crippen molar-refractivity contribution in [2.75, 3.05) is 19.4 Å². The van der Waals surface area contributed by atoms with E-state index in [9.17, 15) is 0 Å². The Morgan fingerprint density at radius 2 is 1.91 bits per heavy atom. The monoisotopic (exact) mass is 441 g/mol. The van der Waals surface area contributed by atoms with E-state index in [0.717, 1.165) is 44.4 Å². The summed E-state index contributed by atoms with van der Waals surface area (Å²) >= 11 is 1.66. The molecule has 160 valence electrons. The maximum atomic E-state index is 4.90. The molecule has 4 aromatic heterocycles. The van der Waals surface area contributed by atoms with Gasteiger partial charge in [0.1, 0.15) is 16.5 Å².